The molecule has 0 radical (unpaired) electrons. The fourth-order valence-electron chi connectivity index (χ4n) is 5.04. The lowest BCUT2D eigenvalue weighted by Crippen LogP contribution is -2.63. The molecule has 0 fully saturated rings. The number of aliphatic hydroxyl groups excluding tert-OH is 1. The van der Waals surface area contributed by atoms with Crippen molar-refractivity contribution in [1.82, 2.24) is 0 Å². The number of hydrogen-bond donors (Lipinski definition) is 1. The van der Waals surface area contributed by atoms with Crippen molar-refractivity contribution in [3.63, 3.8) is 0 Å². The molecule has 2 aromatic carbocycles. The van der Waals surface area contributed by atoms with Crippen molar-refractivity contribution in [3.05, 3.63) is 57.6 Å². The fourth-order valence-corrected chi connectivity index (χ4v) is 5.04. The van der Waals surface area contributed by atoms with Gasteiger partial charge in [-0.15, -0.1) is 0 Å². The number of benzene rings is 2. The summed E-state index contributed by atoms with van der Waals surface area (Å²) >= 11 is 0. The van der Waals surface area contributed by atoms with E-state index in [4.69, 9.17) is 28.4 Å². The first kappa shape index (κ1) is 26.5. The van der Waals surface area contributed by atoms with Crippen molar-refractivity contribution in [2.45, 2.75) is 50.5 Å². The van der Waals surface area contributed by atoms with Crippen LogP contribution in [0.1, 0.15) is 31.0 Å². The van der Waals surface area contributed by atoms with Crippen LogP contribution in [0.3, 0.4) is 0 Å². The molecule has 200 valence electrons. The quantitative estimate of drug-likeness (QED) is 0.238. The van der Waals surface area contributed by atoms with Gasteiger partial charge in [0.15, 0.2) is 18.1 Å². The van der Waals surface area contributed by atoms with E-state index in [9.17, 15) is 20.0 Å². The molecular formula is C25H30N2O10. The number of non-ortho nitro benzene ring substituents is 1. The Hall–Kier alpha value is -3.61. The first-order valence-electron chi connectivity index (χ1n) is 11.7. The van der Waals surface area contributed by atoms with E-state index in [1.165, 1.54) is 32.4 Å². The van der Waals surface area contributed by atoms with Crippen LogP contribution in [0.4, 0.5) is 16.2 Å². The van der Waals surface area contributed by atoms with E-state index >= 15 is 0 Å². The monoisotopic (exact) mass is 518 g/mol. The van der Waals surface area contributed by atoms with E-state index in [1.54, 1.807) is 38.0 Å². The zero-order chi connectivity index (χ0) is 26.9. The van der Waals surface area contributed by atoms with E-state index in [0.29, 0.717) is 22.7 Å². The number of methoxy groups -OCH3 is 3. The predicted molar refractivity (Wildman–Crippen MR) is 130 cm³/mol. The minimum atomic E-state index is -1.44. The van der Waals surface area contributed by atoms with Gasteiger partial charge in [-0.05, 0) is 43.7 Å². The number of aliphatic hydroxyl groups is 1. The van der Waals surface area contributed by atoms with E-state index in [0.717, 1.165) is 5.56 Å². The highest BCUT2D eigenvalue weighted by atomic mass is 16.7. The summed E-state index contributed by atoms with van der Waals surface area (Å²) in [5.74, 6) is 0.891. The molecule has 0 aliphatic carbocycles. The molecule has 0 bridgehead atoms. The van der Waals surface area contributed by atoms with Gasteiger partial charge in [-0.2, -0.15) is 0 Å². The van der Waals surface area contributed by atoms with Gasteiger partial charge in [-0.1, -0.05) is 0 Å². The molecule has 0 saturated carbocycles. The number of anilines is 1. The van der Waals surface area contributed by atoms with Crippen molar-refractivity contribution in [3.8, 4) is 11.5 Å². The van der Waals surface area contributed by atoms with Gasteiger partial charge in [-0.25, -0.2) is 4.79 Å². The number of carbonyl (C=O) groups is 1. The Morgan fingerprint density at radius 2 is 1.97 bits per heavy atom. The second kappa shape index (κ2) is 10.4. The number of nitro benzene ring substituents is 1. The van der Waals surface area contributed by atoms with Crippen molar-refractivity contribution in [2.75, 3.05) is 32.8 Å². The van der Waals surface area contributed by atoms with E-state index in [2.05, 4.69) is 0 Å². The summed E-state index contributed by atoms with van der Waals surface area (Å²) in [6.45, 7) is 3.40. The van der Waals surface area contributed by atoms with Gasteiger partial charge in [-0.3, -0.25) is 10.1 Å². The molecule has 4 rings (SSSR count). The van der Waals surface area contributed by atoms with Crippen LogP contribution < -0.4 is 14.4 Å². The van der Waals surface area contributed by atoms with Crippen LogP contribution in [0.25, 0.3) is 0 Å². The van der Waals surface area contributed by atoms with Crippen molar-refractivity contribution in [2.24, 2.45) is 0 Å². The molecule has 1 N–H and O–H groups in total. The Kier molecular flexibility index (Phi) is 7.44. The maximum Gasteiger partial charge on any atom is 0.510 e. The molecule has 2 aliphatic heterocycles. The highest BCUT2D eigenvalue weighted by Gasteiger charge is 2.56. The SMILES string of the molecule is CCOC(=O)O[C@@H]1Cc2cc(OC)ccc2N1[C@@H]1c2cc([N+](=O)[O-])ccc2O[C@@](C)(C(OC)OC)[C@H]1O. The number of fused-ring (bicyclic) bond motifs is 2. The number of ether oxygens (including phenoxy) is 6. The molecule has 0 unspecified atom stereocenters. The van der Waals surface area contributed by atoms with Gasteiger partial charge < -0.3 is 38.4 Å². The molecule has 0 amide bonds. The lowest BCUT2D eigenvalue weighted by atomic mass is 9.83. The Morgan fingerprint density at radius 3 is 2.59 bits per heavy atom. The van der Waals surface area contributed by atoms with Crippen LogP contribution in [0.2, 0.25) is 0 Å². The summed E-state index contributed by atoms with van der Waals surface area (Å²) in [6.07, 6.45) is -3.88. The zero-order valence-corrected chi connectivity index (χ0v) is 21.2. The van der Waals surface area contributed by atoms with Crippen LogP contribution in [0.15, 0.2) is 36.4 Å². The Labute approximate surface area is 213 Å². The van der Waals surface area contributed by atoms with Crippen LogP contribution in [0, 0.1) is 10.1 Å². The summed E-state index contributed by atoms with van der Waals surface area (Å²) in [5, 5.41) is 23.5. The number of nitrogens with zero attached hydrogens (tertiary/aromatic N) is 2. The molecule has 4 atom stereocenters. The van der Waals surface area contributed by atoms with Crippen LogP contribution >= 0.6 is 0 Å². The normalized spacial score (nSPS) is 24.2. The maximum absolute atomic E-state index is 12.4. The van der Waals surface area contributed by atoms with Crippen molar-refractivity contribution < 1.29 is 43.2 Å². The predicted octanol–water partition coefficient (Wildman–Crippen LogP) is 3.34. The summed E-state index contributed by atoms with van der Waals surface area (Å²) in [4.78, 5) is 25.2. The Balaban J connectivity index is 1.91. The molecule has 2 heterocycles. The second-order valence-corrected chi connectivity index (χ2v) is 8.82. The molecule has 37 heavy (non-hydrogen) atoms. The summed E-state index contributed by atoms with van der Waals surface area (Å²) in [7, 11) is 4.37. The first-order chi connectivity index (χ1) is 17.7. The van der Waals surface area contributed by atoms with E-state index in [-0.39, 0.29) is 18.7 Å². The third-order valence-corrected chi connectivity index (χ3v) is 6.70. The van der Waals surface area contributed by atoms with Crippen LogP contribution in [-0.4, -0.2) is 68.3 Å². The highest BCUT2D eigenvalue weighted by Crippen LogP contribution is 2.50. The average Bonchev–Trinajstić information content (AvgIpc) is 3.21. The molecule has 2 aliphatic rings. The molecule has 0 saturated heterocycles. The van der Waals surface area contributed by atoms with Crippen molar-refractivity contribution in [1.29, 1.82) is 0 Å². The molecule has 0 spiro atoms. The Bertz CT molecular complexity index is 1170. The third kappa shape index (κ3) is 4.63. The van der Waals surface area contributed by atoms with Gasteiger partial charge in [0.2, 0.25) is 0 Å². The summed E-state index contributed by atoms with van der Waals surface area (Å²) < 4.78 is 33.2. The number of nitro groups is 1. The molecule has 2 aromatic rings. The standard InChI is InChI=1S/C25H30N2O10/c1-6-35-24(29)36-20-12-14-11-16(32-3)8-9-18(14)26(20)21-17-13-15(27(30)31)7-10-19(17)37-25(2,22(21)28)23(33-4)34-5/h7-11,13,20-23,28H,6,12H2,1-5H3/t20-,21-,22+,25-/m1/s1. The summed E-state index contributed by atoms with van der Waals surface area (Å²) in [6, 6.07) is 8.50. The molecular weight excluding hydrogens is 488 g/mol. The van der Waals surface area contributed by atoms with Gasteiger partial charge in [0.25, 0.3) is 5.69 Å². The van der Waals surface area contributed by atoms with E-state index in [1.807, 2.05) is 6.07 Å². The van der Waals surface area contributed by atoms with Gasteiger partial charge in [0, 0.05) is 44.0 Å². The first-order valence-corrected chi connectivity index (χ1v) is 11.7. The minimum Gasteiger partial charge on any atom is -0.497 e. The van der Waals surface area contributed by atoms with Gasteiger partial charge in [0.05, 0.1) is 24.7 Å². The number of hydrogen-bond acceptors (Lipinski definition) is 11. The summed E-state index contributed by atoms with van der Waals surface area (Å²) in [5.41, 5.74) is 0.144. The maximum atomic E-state index is 12.4. The molecule has 0 aromatic heterocycles. The minimum absolute atomic E-state index is 0.114. The smallest absolute Gasteiger partial charge is 0.497 e. The number of rotatable bonds is 8. The number of carbonyl (C=O) groups excluding carboxylic acids is 1. The molecule has 12 nitrogen and oxygen atoms in total. The third-order valence-electron chi connectivity index (χ3n) is 6.70. The van der Waals surface area contributed by atoms with Crippen LogP contribution in [0.5, 0.6) is 11.5 Å². The Morgan fingerprint density at radius 1 is 1.24 bits per heavy atom. The largest absolute Gasteiger partial charge is 0.510 e. The zero-order valence-electron chi connectivity index (χ0n) is 21.2. The fraction of sp³-hybridized carbons (Fsp3) is 0.480. The highest BCUT2D eigenvalue weighted by molar-refractivity contribution is 5.67. The van der Waals surface area contributed by atoms with Crippen molar-refractivity contribution >= 4 is 17.5 Å². The lowest BCUT2D eigenvalue weighted by molar-refractivity contribution is -0.385. The topological polar surface area (TPSA) is 139 Å². The van der Waals surface area contributed by atoms with Gasteiger partial charge >= 0.3 is 6.16 Å². The molecule has 12 heteroatoms. The van der Waals surface area contributed by atoms with E-state index < -0.39 is 41.3 Å². The second-order valence-electron chi connectivity index (χ2n) is 8.82. The lowest BCUT2D eigenvalue weighted by Gasteiger charge is -2.50. The van der Waals surface area contributed by atoms with Crippen LogP contribution in [-0.2, 0) is 25.4 Å². The average molecular weight is 519 g/mol. The van der Waals surface area contributed by atoms with Gasteiger partial charge in [0.1, 0.15) is 17.6 Å².